The predicted molar refractivity (Wildman–Crippen MR) is 131 cm³/mol. The Morgan fingerprint density at radius 2 is 2.00 bits per heavy atom. The van der Waals surface area contributed by atoms with Crippen molar-refractivity contribution in [3.8, 4) is 22.6 Å². The summed E-state index contributed by atoms with van der Waals surface area (Å²) < 4.78 is 1.72. The van der Waals surface area contributed by atoms with E-state index in [0.717, 1.165) is 41.6 Å². The van der Waals surface area contributed by atoms with Crippen LogP contribution >= 0.6 is 0 Å². The lowest BCUT2D eigenvalue weighted by molar-refractivity contribution is 0.0848. The van der Waals surface area contributed by atoms with Crippen LogP contribution in [0.4, 0.5) is 0 Å². The number of aromatic amines is 1. The summed E-state index contributed by atoms with van der Waals surface area (Å²) in [6.45, 7) is 2.73. The van der Waals surface area contributed by atoms with Crippen LogP contribution in [0.15, 0.2) is 48.9 Å². The number of hydrogen-bond donors (Lipinski definition) is 1. The molecule has 0 amide bonds. The van der Waals surface area contributed by atoms with Crippen molar-refractivity contribution < 1.29 is 4.79 Å². The maximum Gasteiger partial charge on any atom is 0.217 e. The van der Waals surface area contributed by atoms with Crippen molar-refractivity contribution in [1.82, 2.24) is 40.4 Å². The highest BCUT2D eigenvalue weighted by atomic mass is 16.1. The zero-order chi connectivity index (χ0) is 24.0. The van der Waals surface area contributed by atoms with Gasteiger partial charge in [0.1, 0.15) is 6.33 Å². The predicted octanol–water partition coefficient (Wildman–Crippen LogP) is 4.75. The number of pyridine rings is 1. The van der Waals surface area contributed by atoms with Crippen molar-refractivity contribution in [1.29, 1.82) is 0 Å². The average Bonchev–Trinajstić information content (AvgIpc) is 3.61. The Bertz CT molecular complexity index is 1250. The minimum Gasteiger partial charge on any atom is -0.290 e. The van der Waals surface area contributed by atoms with Crippen molar-refractivity contribution in [3.63, 3.8) is 0 Å². The number of nitrogens with zero attached hydrogens (tertiary/aromatic N) is 7. The Hall–Kier alpha value is -3.75. The highest BCUT2D eigenvalue weighted by Crippen LogP contribution is 2.33. The fraction of sp³-hybridized carbons (Fsp3) is 0.423. The normalized spacial score (nSPS) is 18.0. The maximum atomic E-state index is 13.0. The molecule has 1 saturated carbocycles. The monoisotopic (exact) mass is 470 g/mol. The number of carbonyl (C=O) groups excluding carboxylic acids is 1. The number of unbranched alkanes of at least 4 members (excludes halogenated alkanes) is 1. The van der Waals surface area contributed by atoms with Crippen molar-refractivity contribution in [3.05, 3.63) is 60.3 Å². The SMILES string of the molecule is CCCCC1CCCC(C(=O)c2ncn(Cc3ccc(-c4ccccc4-c4nn[nH]n4)nc3)n2)C1. The van der Waals surface area contributed by atoms with Gasteiger partial charge < -0.3 is 0 Å². The second-order valence-electron chi connectivity index (χ2n) is 9.33. The van der Waals surface area contributed by atoms with Crippen LogP contribution in [-0.2, 0) is 6.54 Å². The molecule has 1 N–H and O–H groups in total. The number of rotatable bonds is 9. The summed E-state index contributed by atoms with van der Waals surface area (Å²) in [6.07, 6.45) is 11.4. The number of nitrogens with one attached hydrogen (secondary N) is 1. The number of benzene rings is 1. The third-order valence-corrected chi connectivity index (χ3v) is 6.83. The minimum absolute atomic E-state index is 0.0571. The molecule has 1 aliphatic carbocycles. The van der Waals surface area contributed by atoms with Gasteiger partial charge in [-0.3, -0.25) is 9.78 Å². The second kappa shape index (κ2) is 10.7. The zero-order valence-corrected chi connectivity index (χ0v) is 20.0. The molecule has 0 aliphatic heterocycles. The first kappa shape index (κ1) is 23.0. The average molecular weight is 471 g/mol. The van der Waals surface area contributed by atoms with Crippen LogP contribution in [-0.4, -0.2) is 46.2 Å². The third kappa shape index (κ3) is 5.34. The van der Waals surface area contributed by atoms with Crippen molar-refractivity contribution in [2.45, 2.75) is 58.4 Å². The fourth-order valence-corrected chi connectivity index (χ4v) is 4.99. The Labute approximate surface area is 204 Å². The highest BCUT2D eigenvalue weighted by molar-refractivity contribution is 5.94. The molecule has 2 unspecified atom stereocenters. The molecule has 9 heteroatoms. The van der Waals surface area contributed by atoms with Crippen LogP contribution in [0.5, 0.6) is 0 Å². The van der Waals surface area contributed by atoms with Crippen LogP contribution in [0.3, 0.4) is 0 Å². The van der Waals surface area contributed by atoms with Crippen molar-refractivity contribution in [2.75, 3.05) is 0 Å². The number of ketones is 1. The van der Waals surface area contributed by atoms with Gasteiger partial charge in [0.25, 0.3) is 0 Å². The van der Waals surface area contributed by atoms with E-state index in [-0.39, 0.29) is 11.7 Å². The number of carbonyl (C=O) groups is 1. The minimum atomic E-state index is 0.0571. The quantitative estimate of drug-likeness (QED) is 0.351. The first-order valence-electron chi connectivity index (χ1n) is 12.4. The third-order valence-electron chi connectivity index (χ3n) is 6.83. The summed E-state index contributed by atoms with van der Waals surface area (Å²) in [5.41, 5.74) is 3.59. The lowest BCUT2D eigenvalue weighted by Gasteiger charge is -2.27. The topological polar surface area (TPSA) is 115 Å². The van der Waals surface area contributed by atoms with Crippen LogP contribution in [0, 0.1) is 11.8 Å². The van der Waals surface area contributed by atoms with E-state index in [1.54, 1.807) is 11.0 Å². The van der Waals surface area contributed by atoms with E-state index in [1.165, 1.54) is 25.7 Å². The highest BCUT2D eigenvalue weighted by Gasteiger charge is 2.29. The molecule has 1 aromatic carbocycles. The molecule has 3 aromatic heterocycles. The van der Waals surface area contributed by atoms with E-state index in [0.29, 0.717) is 24.1 Å². The lowest BCUT2D eigenvalue weighted by atomic mass is 9.77. The first-order chi connectivity index (χ1) is 17.2. The number of hydrogen-bond acceptors (Lipinski definition) is 7. The first-order valence-corrected chi connectivity index (χ1v) is 12.4. The summed E-state index contributed by atoms with van der Waals surface area (Å²) in [6, 6.07) is 11.8. The molecule has 0 radical (unpaired) electrons. The van der Waals surface area contributed by atoms with Crippen molar-refractivity contribution >= 4 is 5.78 Å². The van der Waals surface area contributed by atoms with Crippen LogP contribution < -0.4 is 0 Å². The second-order valence-corrected chi connectivity index (χ2v) is 9.33. The molecule has 2 atom stereocenters. The molecule has 3 heterocycles. The Kier molecular flexibility index (Phi) is 7.02. The van der Waals surface area contributed by atoms with Crippen molar-refractivity contribution in [2.24, 2.45) is 11.8 Å². The summed E-state index contributed by atoms with van der Waals surface area (Å²) >= 11 is 0. The van der Waals surface area contributed by atoms with Gasteiger partial charge in [-0.05, 0) is 35.6 Å². The molecule has 1 fully saturated rings. The van der Waals surface area contributed by atoms with Gasteiger partial charge in [0, 0.05) is 23.2 Å². The van der Waals surface area contributed by atoms with Gasteiger partial charge in [-0.1, -0.05) is 69.4 Å². The molecule has 4 aromatic rings. The summed E-state index contributed by atoms with van der Waals surface area (Å²) in [7, 11) is 0. The van der Waals surface area contributed by atoms with Gasteiger partial charge >= 0.3 is 0 Å². The van der Waals surface area contributed by atoms with Crippen LogP contribution in [0.2, 0.25) is 0 Å². The lowest BCUT2D eigenvalue weighted by Crippen LogP contribution is -2.24. The van der Waals surface area contributed by atoms with Gasteiger partial charge in [0.05, 0.1) is 12.2 Å². The molecular weight excluding hydrogens is 440 g/mol. The Morgan fingerprint density at radius 3 is 2.77 bits per heavy atom. The molecule has 35 heavy (non-hydrogen) atoms. The molecule has 180 valence electrons. The van der Waals surface area contributed by atoms with Gasteiger partial charge in [0.15, 0.2) is 0 Å². The van der Waals surface area contributed by atoms with Gasteiger partial charge in [-0.25, -0.2) is 9.67 Å². The number of H-pyrrole nitrogens is 1. The standard InChI is InChI=1S/C26H30N8O/c1-2-3-7-18-8-6-9-20(14-18)24(35)26-28-17-34(31-26)16-19-12-13-23(27-15-19)21-10-4-5-11-22(21)25-29-32-33-30-25/h4-5,10-13,15,17-18,20H,2-3,6-9,14,16H2,1H3,(H,29,30,32,33). The van der Waals surface area contributed by atoms with Gasteiger partial charge in [0.2, 0.25) is 17.4 Å². The Balaban J connectivity index is 1.25. The van der Waals surface area contributed by atoms with Crippen LogP contribution in [0.1, 0.15) is 68.1 Å². The van der Waals surface area contributed by atoms with Gasteiger partial charge in [-0.15, -0.1) is 15.3 Å². The van der Waals surface area contributed by atoms with E-state index >= 15 is 0 Å². The zero-order valence-electron chi connectivity index (χ0n) is 20.0. The van der Waals surface area contributed by atoms with E-state index in [2.05, 4.69) is 42.6 Å². The maximum absolute atomic E-state index is 13.0. The summed E-state index contributed by atoms with van der Waals surface area (Å²) in [5.74, 6) is 1.68. The fourth-order valence-electron chi connectivity index (χ4n) is 4.99. The number of tetrazole rings is 1. The largest absolute Gasteiger partial charge is 0.290 e. The van der Waals surface area contributed by atoms with E-state index in [1.807, 2.05) is 42.6 Å². The summed E-state index contributed by atoms with van der Waals surface area (Å²) in [5, 5.41) is 18.8. The van der Waals surface area contributed by atoms with E-state index in [9.17, 15) is 4.79 Å². The summed E-state index contributed by atoms with van der Waals surface area (Å²) in [4.78, 5) is 22.0. The Morgan fingerprint density at radius 1 is 1.11 bits per heavy atom. The van der Waals surface area contributed by atoms with Gasteiger partial charge in [-0.2, -0.15) is 5.21 Å². The molecule has 1 aliphatic rings. The number of aromatic nitrogens is 8. The number of Topliss-reactive ketones (excluding diaryl/α,β-unsaturated/α-hetero) is 1. The molecular formula is C26H30N8O. The van der Waals surface area contributed by atoms with Crippen LogP contribution in [0.25, 0.3) is 22.6 Å². The molecule has 5 rings (SSSR count). The molecule has 0 saturated heterocycles. The molecule has 9 nitrogen and oxygen atoms in total. The smallest absolute Gasteiger partial charge is 0.217 e. The molecule has 0 spiro atoms. The molecule has 0 bridgehead atoms. The van der Waals surface area contributed by atoms with E-state index in [4.69, 9.17) is 0 Å². The van der Waals surface area contributed by atoms with E-state index < -0.39 is 0 Å².